The number of carbonyl (C=O) groups excluding carboxylic acids is 2. The molecule has 0 spiro atoms. The van der Waals surface area contributed by atoms with Crippen molar-refractivity contribution < 1.29 is 18.0 Å². The highest BCUT2D eigenvalue weighted by Gasteiger charge is 2.22. The molecule has 8 heteroatoms. The Labute approximate surface area is 163 Å². The Balaban J connectivity index is 2.05. The lowest BCUT2D eigenvalue weighted by Gasteiger charge is -2.18. The van der Waals surface area contributed by atoms with E-state index >= 15 is 0 Å². The van der Waals surface area contributed by atoms with E-state index in [-0.39, 0.29) is 18.7 Å². The van der Waals surface area contributed by atoms with Crippen molar-refractivity contribution in [2.75, 3.05) is 12.0 Å². The number of rotatable bonds is 8. The molecule has 0 unspecified atom stereocenters. The Bertz CT molecular complexity index is 901. The van der Waals surface area contributed by atoms with Gasteiger partial charge in [0.05, 0.1) is 5.75 Å². The van der Waals surface area contributed by atoms with E-state index in [9.17, 15) is 18.0 Å². The number of nitrogens with one attached hydrogen (secondary N) is 2. The molecule has 2 amide bonds. The third-order valence-electron chi connectivity index (χ3n) is 3.79. The number of hydrogen-bond acceptors (Lipinski definition) is 4. The summed E-state index contributed by atoms with van der Waals surface area (Å²) in [6, 6.07) is 14.5. The normalized spacial score (nSPS) is 12.2. The molecule has 2 aromatic carbocycles. The van der Waals surface area contributed by atoms with E-state index in [0.29, 0.717) is 10.6 Å². The molecule has 6 nitrogen and oxygen atoms in total. The molecule has 2 aromatic rings. The van der Waals surface area contributed by atoms with Gasteiger partial charge in [-0.15, -0.1) is 0 Å². The molecule has 0 aromatic heterocycles. The van der Waals surface area contributed by atoms with Crippen molar-refractivity contribution in [1.29, 1.82) is 0 Å². The molecule has 1 atom stereocenters. The Morgan fingerprint density at radius 2 is 1.78 bits per heavy atom. The minimum Gasteiger partial charge on any atom is -0.350 e. The van der Waals surface area contributed by atoms with Gasteiger partial charge in [0.25, 0.3) is 5.91 Å². The summed E-state index contributed by atoms with van der Waals surface area (Å²) in [5.41, 5.74) is 1.19. The summed E-state index contributed by atoms with van der Waals surface area (Å²) in [5, 5.41) is 5.87. The van der Waals surface area contributed by atoms with Crippen molar-refractivity contribution in [1.82, 2.24) is 10.6 Å². The van der Waals surface area contributed by atoms with Crippen LogP contribution in [0, 0.1) is 0 Å². The first-order chi connectivity index (χ1) is 12.7. The molecule has 2 N–H and O–H groups in total. The van der Waals surface area contributed by atoms with Gasteiger partial charge in [0.2, 0.25) is 5.91 Å². The zero-order valence-electron chi connectivity index (χ0n) is 14.8. The van der Waals surface area contributed by atoms with Gasteiger partial charge in [-0.1, -0.05) is 41.9 Å². The molecule has 0 saturated heterocycles. The van der Waals surface area contributed by atoms with Crippen LogP contribution in [0.25, 0.3) is 0 Å². The van der Waals surface area contributed by atoms with Crippen molar-refractivity contribution in [2.24, 2.45) is 0 Å². The second-order valence-electron chi connectivity index (χ2n) is 6.16. The average molecular weight is 409 g/mol. The largest absolute Gasteiger partial charge is 0.350 e. The molecule has 0 fully saturated rings. The van der Waals surface area contributed by atoms with Gasteiger partial charge in [0.15, 0.2) is 0 Å². The molecular formula is C19H21ClN2O4S. The third-order valence-corrected chi connectivity index (χ3v) is 5.00. The van der Waals surface area contributed by atoms with Gasteiger partial charge in [0.1, 0.15) is 15.9 Å². The van der Waals surface area contributed by atoms with Crippen LogP contribution in [0.4, 0.5) is 0 Å². The number of benzene rings is 2. The van der Waals surface area contributed by atoms with Crippen LogP contribution in [0.5, 0.6) is 0 Å². The molecular weight excluding hydrogens is 388 g/mol. The molecule has 0 saturated carbocycles. The maximum absolute atomic E-state index is 12.5. The molecule has 0 heterocycles. The summed E-state index contributed by atoms with van der Waals surface area (Å²) in [6.07, 6.45) is 1.08. The fourth-order valence-electron chi connectivity index (χ4n) is 2.39. The smallest absolute Gasteiger partial charge is 0.251 e. The number of sulfone groups is 1. The van der Waals surface area contributed by atoms with E-state index in [1.165, 1.54) is 0 Å². The lowest BCUT2D eigenvalue weighted by molar-refractivity contribution is -0.123. The van der Waals surface area contributed by atoms with Gasteiger partial charge >= 0.3 is 0 Å². The van der Waals surface area contributed by atoms with Gasteiger partial charge in [-0.25, -0.2) is 8.42 Å². The van der Waals surface area contributed by atoms with Crippen molar-refractivity contribution in [3.8, 4) is 0 Å². The summed E-state index contributed by atoms with van der Waals surface area (Å²) in [5.74, 6) is -1.10. The second kappa shape index (κ2) is 9.53. The second-order valence-corrected chi connectivity index (χ2v) is 8.85. The van der Waals surface area contributed by atoms with E-state index in [4.69, 9.17) is 11.6 Å². The predicted molar refractivity (Wildman–Crippen MR) is 105 cm³/mol. The maximum Gasteiger partial charge on any atom is 0.251 e. The van der Waals surface area contributed by atoms with Gasteiger partial charge in [-0.2, -0.15) is 0 Å². The zero-order chi connectivity index (χ0) is 19.9. The van der Waals surface area contributed by atoms with E-state index in [2.05, 4.69) is 10.6 Å². The number of carbonyl (C=O) groups is 2. The van der Waals surface area contributed by atoms with Crippen molar-refractivity contribution in [2.45, 2.75) is 19.0 Å². The van der Waals surface area contributed by atoms with Gasteiger partial charge in [0, 0.05) is 23.4 Å². The summed E-state index contributed by atoms with van der Waals surface area (Å²) in [6.45, 7) is 0.218. The van der Waals surface area contributed by atoms with Gasteiger partial charge in [-0.05, 0) is 36.2 Å². The quantitative estimate of drug-likeness (QED) is 0.700. The fraction of sp³-hybridized carbons (Fsp3) is 0.263. The third kappa shape index (κ3) is 7.40. The number of hydrogen-bond donors (Lipinski definition) is 2. The zero-order valence-corrected chi connectivity index (χ0v) is 16.4. The van der Waals surface area contributed by atoms with Crippen LogP contribution in [0.1, 0.15) is 22.3 Å². The molecule has 2 rings (SSSR count). The number of amides is 2. The first kappa shape index (κ1) is 20.9. The van der Waals surface area contributed by atoms with Crippen LogP contribution in [-0.4, -0.2) is 38.3 Å². The Morgan fingerprint density at radius 1 is 1.07 bits per heavy atom. The highest BCUT2D eigenvalue weighted by atomic mass is 35.5. The molecule has 27 heavy (non-hydrogen) atoms. The fourth-order valence-corrected chi connectivity index (χ4v) is 3.27. The molecule has 0 aliphatic rings. The first-order valence-electron chi connectivity index (χ1n) is 8.30. The highest BCUT2D eigenvalue weighted by Crippen LogP contribution is 2.10. The SMILES string of the molecule is CS(=O)(=O)CC[C@@H](NC(=O)c1ccccc1)C(=O)NCc1cccc(Cl)c1. The lowest BCUT2D eigenvalue weighted by Crippen LogP contribution is -2.47. The Hall–Kier alpha value is -2.38. The molecule has 144 valence electrons. The minimum absolute atomic E-state index is 0.0151. The highest BCUT2D eigenvalue weighted by molar-refractivity contribution is 7.90. The van der Waals surface area contributed by atoms with Crippen LogP contribution in [0.3, 0.4) is 0 Å². The van der Waals surface area contributed by atoms with Crippen LogP contribution < -0.4 is 10.6 Å². The van der Waals surface area contributed by atoms with Crippen molar-refractivity contribution in [3.63, 3.8) is 0 Å². The monoisotopic (exact) mass is 408 g/mol. The van der Waals surface area contributed by atoms with Crippen LogP contribution in [-0.2, 0) is 21.2 Å². The van der Waals surface area contributed by atoms with E-state index in [1.807, 2.05) is 0 Å². The average Bonchev–Trinajstić information content (AvgIpc) is 2.63. The molecule has 0 aliphatic carbocycles. The molecule has 0 bridgehead atoms. The van der Waals surface area contributed by atoms with Crippen LogP contribution >= 0.6 is 11.6 Å². The Kier molecular flexibility index (Phi) is 7.38. The number of halogens is 1. The Morgan fingerprint density at radius 3 is 2.41 bits per heavy atom. The summed E-state index contributed by atoms with van der Waals surface area (Å²) < 4.78 is 22.9. The van der Waals surface area contributed by atoms with E-state index in [1.54, 1.807) is 54.6 Å². The topological polar surface area (TPSA) is 92.3 Å². The van der Waals surface area contributed by atoms with Crippen molar-refractivity contribution in [3.05, 3.63) is 70.7 Å². The standard InChI is InChI=1S/C19H21ClN2O4S/c1-27(25,26)11-10-17(22-18(23)15-7-3-2-4-8-15)19(24)21-13-14-6-5-9-16(20)12-14/h2-9,12,17H,10-11,13H2,1H3,(H,21,24)(H,22,23)/t17-/m1/s1. The minimum atomic E-state index is -3.27. The van der Waals surface area contributed by atoms with Crippen LogP contribution in [0.15, 0.2) is 54.6 Å². The van der Waals surface area contributed by atoms with Gasteiger partial charge < -0.3 is 10.6 Å². The summed E-state index contributed by atoms with van der Waals surface area (Å²) in [7, 11) is -3.27. The van der Waals surface area contributed by atoms with Gasteiger partial charge in [-0.3, -0.25) is 9.59 Å². The molecule has 0 radical (unpaired) electrons. The predicted octanol–water partition coefficient (Wildman–Crippen LogP) is 2.19. The van der Waals surface area contributed by atoms with E-state index in [0.717, 1.165) is 11.8 Å². The summed E-state index contributed by atoms with van der Waals surface area (Å²) >= 11 is 5.92. The maximum atomic E-state index is 12.5. The molecule has 0 aliphatic heterocycles. The summed E-state index contributed by atoms with van der Waals surface area (Å²) in [4.78, 5) is 24.9. The lowest BCUT2D eigenvalue weighted by atomic mass is 10.1. The van der Waals surface area contributed by atoms with Crippen LogP contribution in [0.2, 0.25) is 5.02 Å². The van der Waals surface area contributed by atoms with Crippen molar-refractivity contribution >= 4 is 33.3 Å². The first-order valence-corrected chi connectivity index (χ1v) is 10.7. The van der Waals surface area contributed by atoms with E-state index < -0.39 is 27.7 Å².